The van der Waals surface area contributed by atoms with Crippen LogP contribution in [0, 0.1) is 6.07 Å². The van der Waals surface area contributed by atoms with E-state index in [4.69, 9.17) is 14.4 Å². The second-order valence-electron chi connectivity index (χ2n) is 11.4. The second-order valence-corrected chi connectivity index (χ2v) is 11.4. The Balaban J connectivity index is 0.00000336. The van der Waals surface area contributed by atoms with Gasteiger partial charge in [0.2, 0.25) is 0 Å². The van der Waals surface area contributed by atoms with E-state index >= 15 is 0 Å². The summed E-state index contributed by atoms with van der Waals surface area (Å²) in [5, 5.41) is 17.5. The monoisotopic (exact) mass is 800 g/mol. The fourth-order valence-corrected chi connectivity index (χ4v) is 6.29. The first kappa shape index (κ1) is 29.6. The van der Waals surface area contributed by atoms with Crippen LogP contribution < -0.4 is 0 Å². The van der Waals surface area contributed by atoms with E-state index in [0.717, 1.165) is 55.6 Å². The van der Waals surface area contributed by atoms with E-state index in [1.165, 1.54) is 0 Å². The van der Waals surface area contributed by atoms with Crippen molar-refractivity contribution < 1.29 is 30.6 Å². The molecule has 4 aromatic heterocycles. The molecular formula is C41H25N4O2Pt-. The number of imidazole rings is 1. The Morgan fingerprint density at radius 2 is 1.33 bits per heavy atom. The Bertz CT molecular complexity index is 2590. The van der Waals surface area contributed by atoms with Crippen LogP contribution in [0.25, 0.3) is 83.7 Å². The van der Waals surface area contributed by atoms with Gasteiger partial charge in [0.15, 0.2) is 0 Å². The number of hydrogen-bond acceptors (Lipinski definition) is 5. The van der Waals surface area contributed by atoms with E-state index in [1.54, 1.807) is 12.3 Å². The van der Waals surface area contributed by atoms with Gasteiger partial charge in [-0.1, -0.05) is 108 Å². The summed E-state index contributed by atoms with van der Waals surface area (Å²) in [6.07, 6.45) is 1.77. The predicted molar refractivity (Wildman–Crippen MR) is 186 cm³/mol. The number of aromatic nitrogens is 4. The number of aromatic hydroxyl groups is 1. The van der Waals surface area contributed by atoms with Crippen molar-refractivity contribution in [1.82, 2.24) is 19.6 Å². The van der Waals surface area contributed by atoms with Crippen molar-refractivity contribution in [3.8, 4) is 61.9 Å². The van der Waals surface area contributed by atoms with Crippen molar-refractivity contribution in [3.05, 3.63) is 152 Å². The van der Waals surface area contributed by atoms with E-state index in [0.29, 0.717) is 28.1 Å². The van der Waals surface area contributed by atoms with Crippen LogP contribution in [0.4, 0.5) is 0 Å². The van der Waals surface area contributed by atoms with Gasteiger partial charge < -0.3 is 9.52 Å². The predicted octanol–water partition coefficient (Wildman–Crippen LogP) is 9.86. The van der Waals surface area contributed by atoms with Gasteiger partial charge in [0.25, 0.3) is 0 Å². The molecule has 6 nitrogen and oxygen atoms in total. The molecule has 48 heavy (non-hydrogen) atoms. The molecule has 0 unspecified atom stereocenters. The maximum absolute atomic E-state index is 10.9. The van der Waals surface area contributed by atoms with Crippen molar-refractivity contribution in [3.63, 3.8) is 0 Å². The number of phenols is 1. The molecule has 0 saturated carbocycles. The molecule has 0 bridgehead atoms. The summed E-state index contributed by atoms with van der Waals surface area (Å²) >= 11 is 0. The van der Waals surface area contributed by atoms with Crippen LogP contribution in [0.15, 0.2) is 150 Å². The molecule has 9 aromatic rings. The zero-order chi connectivity index (χ0) is 31.3. The van der Waals surface area contributed by atoms with Gasteiger partial charge in [-0.05, 0) is 58.5 Å². The van der Waals surface area contributed by atoms with Crippen LogP contribution in [0.5, 0.6) is 5.75 Å². The molecule has 0 radical (unpaired) electrons. The zero-order valence-corrected chi connectivity index (χ0v) is 27.6. The van der Waals surface area contributed by atoms with E-state index < -0.39 is 0 Å². The summed E-state index contributed by atoms with van der Waals surface area (Å²) in [4.78, 5) is 10.2. The number of para-hydroxylation sites is 2. The first-order valence-corrected chi connectivity index (χ1v) is 15.3. The molecule has 0 aliphatic carbocycles. The average molecular weight is 801 g/mol. The number of nitrogens with zero attached hydrogens (tertiary/aromatic N) is 4. The molecule has 1 N–H and O–H groups in total. The Kier molecular flexibility index (Phi) is 7.43. The number of benzene rings is 5. The average Bonchev–Trinajstić information content (AvgIpc) is 3.71. The first-order valence-electron chi connectivity index (χ1n) is 15.3. The van der Waals surface area contributed by atoms with Crippen LogP contribution in [-0.2, 0) is 21.1 Å². The molecule has 0 aliphatic heterocycles. The maximum Gasteiger partial charge on any atom is 0.146 e. The smallest absolute Gasteiger partial charge is 0.146 e. The van der Waals surface area contributed by atoms with Gasteiger partial charge in [-0.3, -0.25) is 9.97 Å². The number of rotatable bonds is 5. The van der Waals surface area contributed by atoms with Crippen LogP contribution in [-0.4, -0.2) is 24.7 Å². The quantitative estimate of drug-likeness (QED) is 0.176. The minimum atomic E-state index is 0. The van der Waals surface area contributed by atoms with Gasteiger partial charge in [0.05, 0.1) is 17.0 Å². The minimum absolute atomic E-state index is 0. The third-order valence-corrected chi connectivity index (χ3v) is 8.47. The number of phenolic OH excluding ortho intramolecular Hbond substituents is 1. The molecule has 9 rings (SSSR count). The normalized spacial score (nSPS) is 11.2. The van der Waals surface area contributed by atoms with Gasteiger partial charge in [-0.15, -0.1) is 12.1 Å². The van der Waals surface area contributed by atoms with E-state index in [9.17, 15) is 5.11 Å². The summed E-state index contributed by atoms with van der Waals surface area (Å²) in [5.74, 6) is 0.160. The topological polar surface area (TPSA) is 76.5 Å². The molecule has 0 amide bonds. The van der Waals surface area contributed by atoms with E-state index in [1.807, 2.05) is 95.5 Å². The number of pyridine rings is 1. The largest absolute Gasteiger partial charge is 0.507 e. The van der Waals surface area contributed by atoms with Crippen LogP contribution in [0.1, 0.15) is 0 Å². The Hall–Kier alpha value is -5.84. The molecule has 0 spiro atoms. The van der Waals surface area contributed by atoms with Gasteiger partial charge in [0, 0.05) is 49.6 Å². The van der Waals surface area contributed by atoms with Crippen molar-refractivity contribution in [2.24, 2.45) is 0 Å². The summed E-state index contributed by atoms with van der Waals surface area (Å²) in [7, 11) is 0. The second kappa shape index (κ2) is 12.1. The fraction of sp³-hybridized carbons (Fsp3) is 0. The third kappa shape index (κ3) is 4.98. The summed E-state index contributed by atoms with van der Waals surface area (Å²) in [6, 6.07) is 49.4. The van der Waals surface area contributed by atoms with E-state index in [2.05, 4.69) is 53.6 Å². The van der Waals surface area contributed by atoms with Gasteiger partial charge in [-0.2, -0.15) is 5.10 Å². The summed E-state index contributed by atoms with van der Waals surface area (Å²) in [6.45, 7) is 0. The molecule has 0 saturated heterocycles. The number of furan rings is 1. The summed E-state index contributed by atoms with van der Waals surface area (Å²) in [5.41, 5.74) is 10.2. The SMILES string of the molecule is Oc1ccccc1-c1cc(-c2ccccc2)cc(-c2[c-]c(-c3nc4cccnn4c3-c3ccccc3)cc3c2oc2ccccc23)n1.[Pt]. The molecule has 0 atom stereocenters. The number of hydrogen-bond donors (Lipinski definition) is 1. The van der Waals surface area contributed by atoms with Crippen LogP contribution >= 0.6 is 0 Å². The van der Waals surface area contributed by atoms with Gasteiger partial charge >= 0.3 is 0 Å². The van der Waals surface area contributed by atoms with Gasteiger partial charge in [-0.25, -0.2) is 4.52 Å². The molecular weight excluding hydrogens is 776 g/mol. The standard InChI is InChI=1S/C41H25N4O2.Pt/c46-36-18-9-7-17-31(36)34-24-28(26-12-3-1-4-13-26)25-35(43-34)33-23-29(22-32-30-16-8-10-19-37(30)47-41(32)33)39-40(27-14-5-2-6-15-27)45-38(44-39)20-11-21-42-45;/h1-22,24-25,46H;/q-1;. The molecule has 0 aliphatic rings. The molecule has 232 valence electrons. The van der Waals surface area contributed by atoms with Crippen LogP contribution in [0.2, 0.25) is 0 Å². The molecule has 0 fully saturated rings. The fourth-order valence-electron chi connectivity index (χ4n) is 6.29. The molecule has 5 aromatic carbocycles. The maximum atomic E-state index is 10.9. The first-order chi connectivity index (χ1) is 23.2. The molecule has 7 heteroatoms. The van der Waals surface area contributed by atoms with Crippen molar-refractivity contribution in [2.75, 3.05) is 0 Å². The van der Waals surface area contributed by atoms with Crippen molar-refractivity contribution in [2.45, 2.75) is 0 Å². The Labute approximate surface area is 290 Å². The van der Waals surface area contributed by atoms with Crippen molar-refractivity contribution in [1.29, 1.82) is 0 Å². The van der Waals surface area contributed by atoms with E-state index in [-0.39, 0.29) is 26.8 Å². The Morgan fingerprint density at radius 1 is 0.625 bits per heavy atom. The zero-order valence-electron chi connectivity index (χ0n) is 25.3. The third-order valence-electron chi connectivity index (χ3n) is 8.47. The molecule has 4 heterocycles. The Morgan fingerprint density at radius 3 is 2.15 bits per heavy atom. The minimum Gasteiger partial charge on any atom is -0.507 e. The number of fused-ring (bicyclic) bond motifs is 4. The van der Waals surface area contributed by atoms with Crippen molar-refractivity contribution >= 4 is 27.6 Å². The van der Waals surface area contributed by atoms with Crippen LogP contribution in [0.3, 0.4) is 0 Å². The summed E-state index contributed by atoms with van der Waals surface area (Å²) < 4.78 is 8.43. The van der Waals surface area contributed by atoms with Gasteiger partial charge in [0.1, 0.15) is 17.0 Å².